The van der Waals surface area contributed by atoms with Crippen molar-refractivity contribution in [3.8, 4) is 5.75 Å². The summed E-state index contributed by atoms with van der Waals surface area (Å²) in [6.07, 6.45) is 0. The van der Waals surface area contributed by atoms with Crippen molar-refractivity contribution in [3.05, 3.63) is 60.2 Å². The average molecular weight is 282 g/mol. The van der Waals surface area contributed by atoms with Crippen LogP contribution in [-0.2, 0) is 0 Å². The molecule has 3 heteroatoms. The van der Waals surface area contributed by atoms with Crippen molar-refractivity contribution >= 4 is 5.69 Å². The molecular weight excluding hydrogens is 260 g/mol. The van der Waals surface area contributed by atoms with Gasteiger partial charge >= 0.3 is 0 Å². The third-order valence-corrected chi connectivity index (χ3v) is 4.36. The lowest BCUT2D eigenvalue weighted by Crippen LogP contribution is -2.47. The van der Waals surface area contributed by atoms with Gasteiger partial charge in [0.1, 0.15) is 5.75 Å². The standard InChI is InChI=1S/C18H22N2O/c1-15(16-5-3-2-4-6-16)19-11-13-20(14-12-19)17-7-9-18(21)10-8-17/h2-10,15,21H,11-14H2,1H3/t15-/m1/s1. The number of nitrogens with zero attached hydrogens (tertiary/aromatic N) is 2. The van der Waals surface area contributed by atoms with E-state index in [4.69, 9.17) is 0 Å². The topological polar surface area (TPSA) is 26.7 Å². The molecule has 2 aromatic rings. The summed E-state index contributed by atoms with van der Waals surface area (Å²) in [6.45, 7) is 6.48. The van der Waals surface area contributed by atoms with Gasteiger partial charge in [0, 0.05) is 37.9 Å². The molecule has 1 fully saturated rings. The predicted octanol–water partition coefficient (Wildman–Crippen LogP) is 3.28. The molecule has 0 unspecified atom stereocenters. The molecule has 0 radical (unpaired) electrons. The van der Waals surface area contributed by atoms with E-state index in [0.717, 1.165) is 26.2 Å². The SMILES string of the molecule is C[C@H](c1ccccc1)N1CCN(c2ccc(O)cc2)CC1. The fourth-order valence-corrected chi connectivity index (χ4v) is 2.97. The van der Waals surface area contributed by atoms with Crippen molar-refractivity contribution in [2.75, 3.05) is 31.1 Å². The van der Waals surface area contributed by atoms with E-state index in [2.05, 4.69) is 47.1 Å². The first-order valence-corrected chi connectivity index (χ1v) is 7.57. The molecule has 1 heterocycles. The van der Waals surface area contributed by atoms with Crippen molar-refractivity contribution < 1.29 is 5.11 Å². The lowest BCUT2D eigenvalue weighted by molar-refractivity contribution is 0.198. The summed E-state index contributed by atoms with van der Waals surface area (Å²) < 4.78 is 0. The van der Waals surface area contributed by atoms with Gasteiger partial charge in [-0.05, 0) is 36.8 Å². The largest absolute Gasteiger partial charge is 0.508 e. The van der Waals surface area contributed by atoms with Crippen molar-refractivity contribution in [2.45, 2.75) is 13.0 Å². The van der Waals surface area contributed by atoms with Crippen LogP contribution in [0.4, 0.5) is 5.69 Å². The van der Waals surface area contributed by atoms with Gasteiger partial charge in [-0.25, -0.2) is 0 Å². The molecule has 0 saturated carbocycles. The predicted molar refractivity (Wildman–Crippen MR) is 86.7 cm³/mol. The van der Waals surface area contributed by atoms with Gasteiger partial charge in [0.25, 0.3) is 0 Å². The second-order valence-corrected chi connectivity index (χ2v) is 5.63. The molecule has 1 saturated heterocycles. The van der Waals surface area contributed by atoms with Gasteiger partial charge in [0.15, 0.2) is 0 Å². The van der Waals surface area contributed by atoms with Crippen LogP contribution >= 0.6 is 0 Å². The minimum Gasteiger partial charge on any atom is -0.508 e. The summed E-state index contributed by atoms with van der Waals surface area (Å²) in [5, 5.41) is 9.37. The Morgan fingerprint density at radius 2 is 1.48 bits per heavy atom. The van der Waals surface area contributed by atoms with E-state index in [0.29, 0.717) is 11.8 Å². The molecule has 1 aliphatic heterocycles. The quantitative estimate of drug-likeness (QED) is 0.936. The summed E-state index contributed by atoms with van der Waals surface area (Å²) in [6, 6.07) is 18.7. The van der Waals surface area contributed by atoms with Crippen LogP contribution in [0.5, 0.6) is 5.75 Å². The summed E-state index contributed by atoms with van der Waals surface area (Å²) in [5.41, 5.74) is 2.58. The van der Waals surface area contributed by atoms with Crippen LogP contribution in [-0.4, -0.2) is 36.2 Å². The molecule has 1 N–H and O–H groups in total. The van der Waals surface area contributed by atoms with Crippen molar-refractivity contribution in [3.63, 3.8) is 0 Å². The molecule has 1 atom stereocenters. The van der Waals surface area contributed by atoms with E-state index in [-0.39, 0.29) is 0 Å². The summed E-state index contributed by atoms with van der Waals surface area (Å²) >= 11 is 0. The molecule has 0 aliphatic carbocycles. The first-order chi connectivity index (χ1) is 10.2. The van der Waals surface area contributed by atoms with E-state index in [1.165, 1.54) is 11.3 Å². The fourth-order valence-electron chi connectivity index (χ4n) is 2.97. The summed E-state index contributed by atoms with van der Waals surface area (Å²) in [7, 11) is 0. The molecule has 110 valence electrons. The second kappa shape index (κ2) is 6.19. The highest BCUT2D eigenvalue weighted by atomic mass is 16.3. The number of benzene rings is 2. The number of rotatable bonds is 3. The normalized spacial score (nSPS) is 17.7. The lowest BCUT2D eigenvalue weighted by atomic mass is 10.1. The Hall–Kier alpha value is -2.00. The van der Waals surface area contributed by atoms with Crippen LogP contribution in [0.25, 0.3) is 0 Å². The number of phenolic OH excluding ortho intramolecular Hbond substituents is 1. The van der Waals surface area contributed by atoms with Crippen molar-refractivity contribution in [1.29, 1.82) is 0 Å². The minimum atomic E-state index is 0.329. The Balaban J connectivity index is 1.61. The van der Waals surface area contributed by atoms with Gasteiger partial charge < -0.3 is 10.0 Å². The Labute approximate surface area is 126 Å². The Morgan fingerprint density at radius 1 is 0.857 bits per heavy atom. The Kier molecular flexibility index (Phi) is 4.11. The zero-order valence-electron chi connectivity index (χ0n) is 12.4. The molecule has 0 aromatic heterocycles. The first-order valence-electron chi connectivity index (χ1n) is 7.57. The number of hydrogen-bond acceptors (Lipinski definition) is 3. The van der Waals surface area contributed by atoms with Crippen molar-refractivity contribution in [2.24, 2.45) is 0 Å². The number of piperazine rings is 1. The van der Waals surface area contributed by atoms with Crippen LogP contribution in [0, 0.1) is 0 Å². The maximum Gasteiger partial charge on any atom is 0.115 e. The van der Waals surface area contributed by atoms with E-state index >= 15 is 0 Å². The maximum atomic E-state index is 9.37. The van der Waals surface area contributed by atoms with Crippen LogP contribution in [0.15, 0.2) is 54.6 Å². The number of phenols is 1. The van der Waals surface area contributed by atoms with Gasteiger partial charge in [0.05, 0.1) is 0 Å². The van der Waals surface area contributed by atoms with Gasteiger partial charge in [0.2, 0.25) is 0 Å². The third kappa shape index (κ3) is 3.19. The highest BCUT2D eigenvalue weighted by Crippen LogP contribution is 2.24. The average Bonchev–Trinajstić information content (AvgIpc) is 2.56. The zero-order chi connectivity index (χ0) is 14.7. The summed E-state index contributed by atoms with van der Waals surface area (Å²) in [4.78, 5) is 4.92. The molecule has 2 aromatic carbocycles. The van der Waals surface area contributed by atoms with Crippen LogP contribution < -0.4 is 4.90 Å². The molecule has 3 nitrogen and oxygen atoms in total. The molecule has 21 heavy (non-hydrogen) atoms. The van der Waals surface area contributed by atoms with Crippen molar-refractivity contribution in [1.82, 2.24) is 4.90 Å². The van der Waals surface area contributed by atoms with E-state index in [1.54, 1.807) is 12.1 Å². The third-order valence-electron chi connectivity index (χ3n) is 4.36. The molecule has 1 aliphatic rings. The summed E-state index contributed by atoms with van der Waals surface area (Å²) in [5.74, 6) is 0.329. The fraction of sp³-hybridized carbons (Fsp3) is 0.333. The van der Waals surface area contributed by atoms with E-state index in [9.17, 15) is 5.11 Å². The van der Waals surface area contributed by atoms with E-state index in [1.807, 2.05) is 12.1 Å². The molecule has 0 amide bonds. The van der Waals surface area contributed by atoms with Gasteiger partial charge in [-0.15, -0.1) is 0 Å². The van der Waals surface area contributed by atoms with Crippen LogP contribution in [0.3, 0.4) is 0 Å². The lowest BCUT2D eigenvalue weighted by Gasteiger charge is -2.39. The van der Waals surface area contributed by atoms with Gasteiger partial charge in [-0.3, -0.25) is 4.90 Å². The highest BCUT2D eigenvalue weighted by molar-refractivity contribution is 5.49. The maximum absolute atomic E-state index is 9.37. The Bertz CT molecular complexity index is 560. The highest BCUT2D eigenvalue weighted by Gasteiger charge is 2.21. The second-order valence-electron chi connectivity index (χ2n) is 5.63. The molecule has 3 rings (SSSR count). The molecule has 0 bridgehead atoms. The Morgan fingerprint density at radius 3 is 2.10 bits per heavy atom. The van der Waals surface area contributed by atoms with Gasteiger partial charge in [-0.1, -0.05) is 30.3 Å². The van der Waals surface area contributed by atoms with Gasteiger partial charge in [-0.2, -0.15) is 0 Å². The first kappa shape index (κ1) is 14.0. The number of aromatic hydroxyl groups is 1. The smallest absolute Gasteiger partial charge is 0.115 e. The number of anilines is 1. The van der Waals surface area contributed by atoms with E-state index < -0.39 is 0 Å². The minimum absolute atomic E-state index is 0.329. The number of hydrogen-bond donors (Lipinski definition) is 1. The molecule has 0 spiro atoms. The molecular formula is C18H22N2O. The van der Waals surface area contributed by atoms with Crippen LogP contribution in [0.2, 0.25) is 0 Å². The zero-order valence-corrected chi connectivity index (χ0v) is 12.4. The van der Waals surface area contributed by atoms with Crippen LogP contribution in [0.1, 0.15) is 18.5 Å². The monoisotopic (exact) mass is 282 g/mol.